The Morgan fingerprint density at radius 2 is 1.94 bits per heavy atom. The van der Waals surface area contributed by atoms with Crippen LogP contribution in [0.2, 0.25) is 0 Å². The first-order valence-electron chi connectivity index (χ1n) is 5.85. The van der Waals surface area contributed by atoms with Crippen molar-refractivity contribution >= 4 is 0 Å². The van der Waals surface area contributed by atoms with Gasteiger partial charge >= 0.3 is 0 Å². The first-order chi connectivity index (χ1) is 7.94. The van der Waals surface area contributed by atoms with E-state index in [1.54, 1.807) is 12.1 Å². The number of hydrogen-bond donors (Lipinski definition) is 1. The van der Waals surface area contributed by atoms with E-state index in [0.29, 0.717) is 0 Å². The number of rotatable bonds is 5. The number of benzene rings is 1. The van der Waals surface area contributed by atoms with Crippen LogP contribution < -0.4 is 5.32 Å². The SMILES string of the molecule is C[C@H](NCCC(C)(C)C#N)c1ccc(F)cc1. The van der Waals surface area contributed by atoms with Crippen LogP contribution in [0.15, 0.2) is 24.3 Å². The van der Waals surface area contributed by atoms with Crippen LogP contribution >= 0.6 is 0 Å². The molecule has 0 heterocycles. The van der Waals surface area contributed by atoms with Crippen molar-refractivity contribution in [3.05, 3.63) is 35.6 Å². The molecule has 0 aliphatic heterocycles. The second-order valence-corrected chi connectivity index (χ2v) is 4.97. The van der Waals surface area contributed by atoms with Crippen molar-refractivity contribution in [3.63, 3.8) is 0 Å². The van der Waals surface area contributed by atoms with Gasteiger partial charge in [-0.3, -0.25) is 0 Å². The topological polar surface area (TPSA) is 35.8 Å². The highest BCUT2D eigenvalue weighted by Gasteiger charge is 2.16. The highest BCUT2D eigenvalue weighted by molar-refractivity contribution is 5.19. The van der Waals surface area contributed by atoms with Crippen LogP contribution in [0.5, 0.6) is 0 Å². The molecule has 2 nitrogen and oxygen atoms in total. The van der Waals surface area contributed by atoms with Gasteiger partial charge in [0.1, 0.15) is 5.82 Å². The molecule has 0 unspecified atom stereocenters. The summed E-state index contributed by atoms with van der Waals surface area (Å²) < 4.78 is 12.7. The standard InChI is InChI=1S/C14H19FN2/c1-11(12-4-6-13(15)7-5-12)17-9-8-14(2,3)10-16/h4-7,11,17H,8-9H2,1-3H3/t11-/m0/s1. The van der Waals surface area contributed by atoms with E-state index in [1.165, 1.54) is 12.1 Å². The fourth-order valence-corrected chi connectivity index (χ4v) is 1.53. The van der Waals surface area contributed by atoms with Gasteiger partial charge in [-0.2, -0.15) is 5.26 Å². The number of nitrogens with one attached hydrogen (secondary N) is 1. The van der Waals surface area contributed by atoms with Gasteiger partial charge in [0.05, 0.1) is 11.5 Å². The largest absolute Gasteiger partial charge is 0.310 e. The molecule has 1 aromatic rings. The normalized spacial score (nSPS) is 13.1. The maximum absolute atomic E-state index is 12.7. The second kappa shape index (κ2) is 5.79. The molecule has 0 radical (unpaired) electrons. The Labute approximate surface area is 102 Å². The number of nitriles is 1. The maximum Gasteiger partial charge on any atom is 0.123 e. The number of halogens is 1. The summed E-state index contributed by atoms with van der Waals surface area (Å²) in [5.74, 6) is -0.216. The lowest BCUT2D eigenvalue weighted by molar-refractivity contribution is 0.416. The molecule has 1 rings (SSSR count). The van der Waals surface area contributed by atoms with Gasteiger partial charge in [0.15, 0.2) is 0 Å². The zero-order valence-electron chi connectivity index (χ0n) is 10.6. The molecule has 1 aromatic carbocycles. The van der Waals surface area contributed by atoms with Gasteiger partial charge < -0.3 is 5.32 Å². The van der Waals surface area contributed by atoms with Gasteiger partial charge in [0, 0.05) is 6.04 Å². The fraction of sp³-hybridized carbons (Fsp3) is 0.500. The smallest absolute Gasteiger partial charge is 0.123 e. The first kappa shape index (κ1) is 13.7. The molecule has 0 bridgehead atoms. The van der Waals surface area contributed by atoms with E-state index in [0.717, 1.165) is 18.5 Å². The lowest BCUT2D eigenvalue weighted by Crippen LogP contribution is -2.24. The molecule has 92 valence electrons. The Balaban J connectivity index is 2.43. The third kappa shape index (κ3) is 4.54. The van der Waals surface area contributed by atoms with Crippen molar-refractivity contribution < 1.29 is 4.39 Å². The summed E-state index contributed by atoms with van der Waals surface area (Å²) in [7, 11) is 0. The molecule has 17 heavy (non-hydrogen) atoms. The maximum atomic E-state index is 12.7. The van der Waals surface area contributed by atoms with Crippen LogP contribution in [0.3, 0.4) is 0 Å². The Morgan fingerprint density at radius 3 is 2.47 bits per heavy atom. The minimum absolute atomic E-state index is 0.171. The summed E-state index contributed by atoms with van der Waals surface area (Å²) in [5, 5.41) is 12.2. The third-order valence-corrected chi connectivity index (χ3v) is 2.87. The predicted octanol–water partition coefficient (Wildman–Crippen LogP) is 3.42. The number of hydrogen-bond acceptors (Lipinski definition) is 2. The molecule has 0 aromatic heterocycles. The Morgan fingerprint density at radius 1 is 1.35 bits per heavy atom. The second-order valence-electron chi connectivity index (χ2n) is 4.97. The molecule has 0 saturated carbocycles. The fourth-order valence-electron chi connectivity index (χ4n) is 1.53. The van der Waals surface area contributed by atoms with Crippen LogP contribution in [0, 0.1) is 22.6 Å². The van der Waals surface area contributed by atoms with E-state index < -0.39 is 0 Å². The van der Waals surface area contributed by atoms with Crippen LogP contribution in [-0.4, -0.2) is 6.54 Å². The monoisotopic (exact) mass is 234 g/mol. The Kier molecular flexibility index (Phi) is 4.65. The summed E-state index contributed by atoms with van der Waals surface area (Å²) >= 11 is 0. The molecule has 1 atom stereocenters. The molecule has 0 aliphatic carbocycles. The van der Waals surface area contributed by atoms with Gasteiger partial charge in [-0.25, -0.2) is 4.39 Å². The van der Waals surface area contributed by atoms with E-state index >= 15 is 0 Å². The summed E-state index contributed by atoms with van der Waals surface area (Å²) in [6, 6.07) is 8.93. The molecule has 0 amide bonds. The summed E-state index contributed by atoms with van der Waals surface area (Å²) in [6.07, 6.45) is 0.801. The van der Waals surface area contributed by atoms with Gasteiger partial charge in [-0.1, -0.05) is 12.1 Å². The molecule has 1 N–H and O–H groups in total. The summed E-state index contributed by atoms with van der Waals surface area (Å²) in [4.78, 5) is 0. The quantitative estimate of drug-likeness (QED) is 0.847. The first-order valence-corrected chi connectivity index (χ1v) is 5.85. The van der Waals surface area contributed by atoms with Gasteiger partial charge in [-0.15, -0.1) is 0 Å². The van der Waals surface area contributed by atoms with E-state index in [-0.39, 0.29) is 17.3 Å². The highest BCUT2D eigenvalue weighted by Crippen LogP contribution is 2.19. The molecule has 0 aliphatic rings. The minimum Gasteiger partial charge on any atom is -0.310 e. The molecule has 3 heteroatoms. The van der Waals surface area contributed by atoms with Crippen molar-refractivity contribution in [2.24, 2.45) is 5.41 Å². The minimum atomic E-state index is -0.296. The molecular formula is C14H19FN2. The Hall–Kier alpha value is -1.40. The zero-order chi connectivity index (χ0) is 12.9. The van der Waals surface area contributed by atoms with Crippen LogP contribution in [0.25, 0.3) is 0 Å². The van der Waals surface area contributed by atoms with E-state index in [4.69, 9.17) is 5.26 Å². The van der Waals surface area contributed by atoms with Crippen molar-refractivity contribution in [1.29, 1.82) is 5.26 Å². The zero-order valence-corrected chi connectivity index (χ0v) is 10.6. The van der Waals surface area contributed by atoms with Crippen LogP contribution in [-0.2, 0) is 0 Å². The van der Waals surface area contributed by atoms with Crippen molar-refractivity contribution in [2.45, 2.75) is 33.2 Å². The van der Waals surface area contributed by atoms with Gasteiger partial charge in [0.25, 0.3) is 0 Å². The van der Waals surface area contributed by atoms with Crippen LogP contribution in [0.1, 0.15) is 38.8 Å². The molecule has 0 saturated heterocycles. The lowest BCUT2D eigenvalue weighted by Gasteiger charge is -2.18. The van der Waals surface area contributed by atoms with E-state index in [9.17, 15) is 4.39 Å². The van der Waals surface area contributed by atoms with E-state index in [2.05, 4.69) is 11.4 Å². The Bertz CT molecular complexity index is 390. The number of nitrogens with zero attached hydrogens (tertiary/aromatic N) is 1. The summed E-state index contributed by atoms with van der Waals surface area (Å²) in [5.41, 5.74) is 0.761. The van der Waals surface area contributed by atoms with Gasteiger partial charge in [-0.05, 0) is 51.4 Å². The van der Waals surface area contributed by atoms with Crippen molar-refractivity contribution in [2.75, 3.05) is 6.54 Å². The lowest BCUT2D eigenvalue weighted by atomic mass is 9.91. The molecule has 0 spiro atoms. The molecular weight excluding hydrogens is 215 g/mol. The average Bonchev–Trinajstić information content (AvgIpc) is 2.29. The van der Waals surface area contributed by atoms with Crippen molar-refractivity contribution in [3.8, 4) is 6.07 Å². The average molecular weight is 234 g/mol. The van der Waals surface area contributed by atoms with Crippen molar-refractivity contribution in [1.82, 2.24) is 5.32 Å². The van der Waals surface area contributed by atoms with Crippen LogP contribution in [0.4, 0.5) is 4.39 Å². The highest BCUT2D eigenvalue weighted by atomic mass is 19.1. The third-order valence-electron chi connectivity index (χ3n) is 2.87. The van der Waals surface area contributed by atoms with E-state index in [1.807, 2.05) is 20.8 Å². The molecule has 0 fully saturated rings. The van der Waals surface area contributed by atoms with Gasteiger partial charge in [0.2, 0.25) is 0 Å². The predicted molar refractivity (Wildman–Crippen MR) is 66.8 cm³/mol. The summed E-state index contributed by atoms with van der Waals surface area (Å²) in [6.45, 7) is 6.67.